The van der Waals surface area contributed by atoms with Crippen LogP contribution < -0.4 is 0 Å². The molecule has 0 N–H and O–H groups in total. The molecule has 25 heavy (non-hydrogen) atoms. The third-order valence-electron chi connectivity index (χ3n) is 5.21. The molecule has 1 unspecified atom stereocenters. The van der Waals surface area contributed by atoms with Gasteiger partial charge in [0.15, 0.2) is 0 Å². The van der Waals surface area contributed by atoms with Crippen molar-refractivity contribution in [2.45, 2.75) is 25.8 Å². The summed E-state index contributed by atoms with van der Waals surface area (Å²) in [4.78, 5) is 6.83. The van der Waals surface area contributed by atoms with Gasteiger partial charge in [-0.3, -0.25) is 9.88 Å². The van der Waals surface area contributed by atoms with E-state index in [2.05, 4.69) is 71.4 Å². The van der Waals surface area contributed by atoms with Crippen LogP contribution in [0, 0.1) is 6.92 Å². The van der Waals surface area contributed by atoms with Crippen molar-refractivity contribution in [3.05, 3.63) is 89.7 Å². The smallest absolute Gasteiger partial charge is 0.0303 e. The molecule has 2 nitrogen and oxygen atoms in total. The number of likely N-dealkylation sites (tertiary alicyclic amines) is 1. The summed E-state index contributed by atoms with van der Waals surface area (Å²) in [7, 11) is 0. The molecule has 1 saturated heterocycles. The maximum atomic E-state index is 4.27. The minimum atomic E-state index is 0.624. The SMILES string of the molecule is Cc1cc(CN2CCC(c3cccnc3)C2)ccc1-c1ccccc1. The molecule has 1 aromatic heterocycles. The van der Waals surface area contributed by atoms with Crippen molar-refractivity contribution in [2.75, 3.05) is 13.1 Å². The van der Waals surface area contributed by atoms with Crippen LogP contribution >= 0.6 is 0 Å². The largest absolute Gasteiger partial charge is 0.298 e. The zero-order valence-electron chi connectivity index (χ0n) is 14.7. The Morgan fingerprint density at radius 2 is 1.92 bits per heavy atom. The number of benzene rings is 2. The molecule has 0 saturated carbocycles. The summed E-state index contributed by atoms with van der Waals surface area (Å²) in [6, 6.07) is 21.8. The van der Waals surface area contributed by atoms with E-state index in [1.54, 1.807) is 0 Å². The predicted octanol–water partition coefficient (Wildman–Crippen LogP) is 5.05. The first-order valence-electron chi connectivity index (χ1n) is 9.07. The van der Waals surface area contributed by atoms with Gasteiger partial charge in [-0.05, 0) is 59.7 Å². The van der Waals surface area contributed by atoms with E-state index in [0.717, 1.165) is 13.1 Å². The van der Waals surface area contributed by atoms with Crippen LogP contribution in [-0.4, -0.2) is 23.0 Å². The van der Waals surface area contributed by atoms with Gasteiger partial charge in [-0.15, -0.1) is 0 Å². The molecule has 0 radical (unpaired) electrons. The standard InChI is InChI=1S/C23H24N2/c1-18-14-19(9-10-23(18)20-6-3-2-4-7-20)16-25-13-11-22(17-25)21-8-5-12-24-15-21/h2-10,12,14-15,22H,11,13,16-17H2,1H3. The molecule has 2 heteroatoms. The van der Waals surface area contributed by atoms with E-state index in [-0.39, 0.29) is 0 Å². The third-order valence-corrected chi connectivity index (χ3v) is 5.21. The van der Waals surface area contributed by atoms with Gasteiger partial charge < -0.3 is 0 Å². The Balaban J connectivity index is 1.44. The second-order valence-corrected chi connectivity index (χ2v) is 7.02. The highest BCUT2D eigenvalue weighted by molar-refractivity contribution is 5.67. The van der Waals surface area contributed by atoms with Gasteiger partial charge in [0, 0.05) is 25.5 Å². The highest BCUT2D eigenvalue weighted by Gasteiger charge is 2.23. The van der Waals surface area contributed by atoms with Crippen molar-refractivity contribution >= 4 is 0 Å². The molecule has 0 bridgehead atoms. The number of pyridine rings is 1. The molecule has 2 heterocycles. The van der Waals surface area contributed by atoms with Gasteiger partial charge >= 0.3 is 0 Å². The molecule has 1 atom stereocenters. The van der Waals surface area contributed by atoms with Crippen molar-refractivity contribution in [2.24, 2.45) is 0 Å². The van der Waals surface area contributed by atoms with E-state index in [1.807, 2.05) is 18.5 Å². The minimum Gasteiger partial charge on any atom is -0.298 e. The summed E-state index contributed by atoms with van der Waals surface area (Å²) in [5, 5.41) is 0. The summed E-state index contributed by atoms with van der Waals surface area (Å²) in [6.45, 7) is 5.55. The fourth-order valence-electron chi connectivity index (χ4n) is 3.89. The van der Waals surface area contributed by atoms with Crippen LogP contribution in [-0.2, 0) is 6.54 Å². The first-order chi connectivity index (χ1) is 12.3. The van der Waals surface area contributed by atoms with Crippen LogP contribution in [0.15, 0.2) is 73.1 Å². The molecule has 3 aromatic rings. The molecule has 126 valence electrons. The van der Waals surface area contributed by atoms with Gasteiger partial charge in [-0.25, -0.2) is 0 Å². The summed E-state index contributed by atoms with van der Waals surface area (Å²) in [5.41, 5.74) is 6.76. The molecule has 1 aliphatic heterocycles. The van der Waals surface area contributed by atoms with Crippen molar-refractivity contribution in [1.82, 2.24) is 9.88 Å². The van der Waals surface area contributed by atoms with Crippen LogP contribution in [0.5, 0.6) is 0 Å². The van der Waals surface area contributed by atoms with Crippen LogP contribution in [0.1, 0.15) is 29.0 Å². The van der Waals surface area contributed by atoms with Gasteiger partial charge in [-0.1, -0.05) is 54.6 Å². The number of aryl methyl sites for hydroxylation is 1. The van der Waals surface area contributed by atoms with E-state index in [9.17, 15) is 0 Å². The fraction of sp³-hybridized carbons (Fsp3) is 0.261. The van der Waals surface area contributed by atoms with Crippen molar-refractivity contribution < 1.29 is 0 Å². The molecule has 0 spiro atoms. The van der Waals surface area contributed by atoms with E-state index < -0.39 is 0 Å². The Morgan fingerprint density at radius 1 is 1.04 bits per heavy atom. The van der Waals surface area contributed by atoms with Crippen molar-refractivity contribution in [3.63, 3.8) is 0 Å². The van der Waals surface area contributed by atoms with E-state index in [0.29, 0.717) is 5.92 Å². The zero-order chi connectivity index (χ0) is 17.1. The third kappa shape index (κ3) is 3.64. The monoisotopic (exact) mass is 328 g/mol. The maximum absolute atomic E-state index is 4.27. The quantitative estimate of drug-likeness (QED) is 0.666. The Labute approximate surface area is 150 Å². The van der Waals surface area contributed by atoms with Crippen LogP contribution in [0.3, 0.4) is 0 Å². The molecule has 1 aliphatic rings. The van der Waals surface area contributed by atoms with Gasteiger partial charge in [0.05, 0.1) is 0 Å². The minimum absolute atomic E-state index is 0.624. The lowest BCUT2D eigenvalue weighted by molar-refractivity contribution is 0.327. The Kier molecular flexibility index (Phi) is 4.62. The van der Waals surface area contributed by atoms with Crippen molar-refractivity contribution in [1.29, 1.82) is 0 Å². The zero-order valence-corrected chi connectivity index (χ0v) is 14.7. The van der Waals surface area contributed by atoms with Gasteiger partial charge in [0.25, 0.3) is 0 Å². The van der Waals surface area contributed by atoms with Gasteiger partial charge in [-0.2, -0.15) is 0 Å². The van der Waals surface area contributed by atoms with E-state index in [1.165, 1.54) is 40.8 Å². The van der Waals surface area contributed by atoms with Crippen LogP contribution in [0.4, 0.5) is 0 Å². The predicted molar refractivity (Wildman–Crippen MR) is 103 cm³/mol. The second-order valence-electron chi connectivity index (χ2n) is 7.02. The summed E-state index contributed by atoms with van der Waals surface area (Å²) in [6.07, 6.45) is 5.10. The fourth-order valence-corrected chi connectivity index (χ4v) is 3.89. The number of nitrogens with zero attached hydrogens (tertiary/aromatic N) is 2. The average molecular weight is 328 g/mol. The second kappa shape index (κ2) is 7.20. The Hall–Kier alpha value is -2.45. The normalized spacial score (nSPS) is 17.7. The lowest BCUT2D eigenvalue weighted by Gasteiger charge is -2.17. The van der Waals surface area contributed by atoms with Crippen LogP contribution in [0.25, 0.3) is 11.1 Å². The first kappa shape index (κ1) is 16.0. The van der Waals surface area contributed by atoms with Crippen LogP contribution in [0.2, 0.25) is 0 Å². The highest BCUT2D eigenvalue weighted by atomic mass is 15.1. The molecule has 1 fully saturated rings. The van der Waals surface area contributed by atoms with E-state index >= 15 is 0 Å². The number of hydrogen-bond acceptors (Lipinski definition) is 2. The van der Waals surface area contributed by atoms with E-state index in [4.69, 9.17) is 0 Å². The lowest BCUT2D eigenvalue weighted by Crippen LogP contribution is -2.19. The number of aromatic nitrogens is 1. The van der Waals surface area contributed by atoms with Crippen molar-refractivity contribution in [3.8, 4) is 11.1 Å². The first-order valence-corrected chi connectivity index (χ1v) is 9.07. The summed E-state index contributed by atoms with van der Waals surface area (Å²) >= 11 is 0. The Bertz CT molecular complexity index is 827. The average Bonchev–Trinajstić information content (AvgIpc) is 3.12. The molecule has 2 aromatic carbocycles. The maximum Gasteiger partial charge on any atom is 0.0303 e. The molecule has 0 aliphatic carbocycles. The molecule has 0 amide bonds. The molecular weight excluding hydrogens is 304 g/mol. The highest BCUT2D eigenvalue weighted by Crippen LogP contribution is 2.29. The summed E-state index contributed by atoms with van der Waals surface area (Å²) < 4.78 is 0. The lowest BCUT2D eigenvalue weighted by atomic mass is 9.98. The van der Waals surface area contributed by atoms with Gasteiger partial charge in [0.1, 0.15) is 0 Å². The van der Waals surface area contributed by atoms with Gasteiger partial charge in [0.2, 0.25) is 0 Å². The molecular formula is C23H24N2. The number of rotatable bonds is 4. The number of hydrogen-bond donors (Lipinski definition) is 0. The topological polar surface area (TPSA) is 16.1 Å². The molecule has 4 rings (SSSR count). The summed E-state index contributed by atoms with van der Waals surface area (Å²) in [5.74, 6) is 0.624. The Morgan fingerprint density at radius 3 is 2.68 bits per heavy atom.